The molecule has 0 aliphatic carbocycles. The van der Waals surface area contributed by atoms with Crippen molar-refractivity contribution in [1.29, 1.82) is 0 Å². The third-order valence-electron chi connectivity index (χ3n) is 2.77. The standard InChI is InChI=1S/C14H22N2O4S/c1-4-21(18,19)13-6-5-12(15)7-11(13)8-16-14(17)20-9-10(2)3/h5-7,10H,4,8-9,15H2,1-3H3,(H,16,17). The second-order valence-electron chi connectivity index (χ2n) is 5.12. The van der Waals surface area contributed by atoms with E-state index in [2.05, 4.69) is 5.32 Å². The molecule has 0 aliphatic rings. The average molecular weight is 314 g/mol. The van der Waals surface area contributed by atoms with Crippen LogP contribution in [0.25, 0.3) is 0 Å². The summed E-state index contributed by atoms with van der Waals surface area (Å²) >= 11 is 0. The van der Waals surface area contributed by atoms with Gasteiger partial charge < -0.3 is 15.8 Å². The van der Waals surface area contributed by atoms with Crippen molar-refractivity contribution in [3.63, 3.8) is 0 Å². The highest BCUT2D eigenvalue weighted by molar-refractivity contribution is 7.91. The van der Waals surface area contributed by atoms with Gasteiger partial charge in [0.25, 0.3) is 0 Å². The van der Waals surface area contributed by atoms with Crippen molar-refractivity contribution < 1.29 is 17.9 Å². The number of sulfone groups is 1. The quantitative estimate of drug-likeness (QED) is 0.782. The minimum Gasteiger partial charge on any atom is -0.449 e. The maximum absolute atomic E-state index is 12.0. The molecule has 0 aromatic heterocycles. The van der Waals surface area contributed by atoms with E-state index in [1.807, 2.05) is 13.8 Å². The second kappa shape index (κ2) is 7.31. The van der Waals surface area contributed by atoms with Crippen LogP contribution in [-0.4, -0.2) is 26.9 Å². The zero-order valence-corrected chi connectivity index (χ0v) is 13.4. The zero-order chi connectivity index (χ0) is 16.0. The lowest BCUT2D eigenvalue weighted by Gasteiger charge is -2.12. The monoisotopic (exact) mass is 314 g/mol. The predicted molar refractivity (Wildman–Crippen MR) is 81.6 cm³/mol. The van der Waals surface area contributed by atoms with Gasteiger partial charge in [-0.3, -0.25) is 0 Å². The Hall–Kier alpha value is -1.76. The van der Waals surface area contributed by atoms with Crippen LogP contribution in [0.15, 0.2) is 23.1 Å². The summed E-state index contributed by atoms with van der Waals surface area (Å²) in [6.45, 7) is 5.79. The summed E-state index contributed by atoms with van der Waals surface area (Å²) in [5.74, 6) is 0.223. The fraction of sp³-hybridized carbons (Fsp3) is 0.500. The maximum Gasteiger partial charge on any atom is 0.407 e. The Morgan fingerprint density at radius 1 is 1.38 bits per heavy atom. The van der Waals surface area contributed by atoms with Crippen LogP contribution in [0.3, 0.4) is 0 Å². The normalized spacial score (nSPS) is 11.4. The number of carbonyl (C=O) groups is 1. The average Bonchev–Trinajstić information content (AvgIpc) is 2.42. The van der Waals surface area contributed by atoms with E-state index in [1.54, 1.807) is 13.0 Å². The van der Waals surface area contributed by atoms with E-state index in [4.69, 9.17) is 10.5 Å². The van der Waals surface area contributed by atoms with E-state index in [1.165, 1.54) is 12.1 Å². The number of carbonyl (C=O) groups excluding carboxylic acids is 1. The van der Waals surface area contributed by atoms with Gasteiger partial charge in [0.05, 0.1) is 17.3 Å². The van der Waals surface area contributed by atoms with Crippen molar-refractivity contribution in [3.8, 4) is 0 Å². The molecule has 118 valence electrons. The van der Waals surface area contributed by atoms with Gasteiger partial charge in [0.2, 0.25) is 0 Å². The molecule has 1 amide bonds. The van der Waals surface area contributed by atoms with Gasteiger partial charge in [-0.05, 0) is 29.7 Å². The Bertz CT molecular complexity index is 597. The Labute approximate surface area is 125 Å². The van der Waals surface area contributed by atoms with Crippen LogP contribution >= 0.6 is 0 Å². The van der Waals surface area contributed by atoms with Crippen molar-refractivity contribution in [1.82, 2.24) is 5.32 Å². The minimum atomic E-state index is -3.37. The molecule has 3 N–H and O–H groups in total. The number of benzene rings is 1. The van der Waals surface area contributed by atoms with Crippen molar-refractivity contribution in [2.75, 3.05) is 18.1 Å². The van der Waals surface area contributed by atoms with Gasteiger partial charge in [0.1, 0.15) is 0 Å². The minimum absolute atomic E-state index is 0.0122. The summed E-state index contributed by atoms with van der Waals surface area (Å²) in [6.07, 6.45) is -0.578. The van der Waals surface area contributed by atoms with Crippen molar-refractivity contribution in [3.05, 3.63) is 23.8 Å². The number of nitrogens with two attached hydrogens (primary N) is 1. The summed E-state index contributed by atoms with van der Waals surface area (Å²) in [4.78, 5) is 11.7. The number of ether oxygens (including phenoxy) is 1. The maximum atomic E-state index is 12.0. The van der Waals surface area contributed by atoms with E-state index in [-0.39, 0.29) is 23.1 Å². The van der Waals surface area contributed by atoms with E-state index in [0.717, 1.165) is 0 Å². The fourth-order valence-electron chi connectivity index (χ4n) is 1.66. The van der Waals surface area contributed by atoms with Gasteiger partial charge in [-0.25, -0.2) is 13.2 Å². The largest absolute Gasteiger partial charge is 0.449 e. The summed E-state index contributed by atoms with van der Waals surface area (Å²) in [7, 11) is -3.37. The molecule has 0 heterocycles. The summed E-state index contributed by atoms with van der Waals surface area (Å²) in [6, 6.07) is 4.54. The molecule has 0 unspecified atom stereocenters. The Kier molecular flexibility index (Phi) is 6.02. The predicted octanol–water partition coefficient (Wildman–Crippen LogP) is 1.94. The Balaban J connectivity index is 2.83. The molecule has 1 rings (SSSR count). The molecule has 6 nitrogen and oxygen atoms in total. The van der Waals surface area contributed by atoms with E-state index < -0.39 is 15.9 Å². The number of nitrogens with one attached hydrogen (secondary N) is 1. The number of anilines is 1. The molecule has 1 aromatic rings. The highest BCUT2D eigenvalue weighted by Crippen LogP contribution is 2.20. The van der Waals surface area contributed by atoms with Crippen LogP contribution in [-0.2, 0) is 21.1 Å². The van der Waals surface area contributed by atoms with Crippen LogP contribution < -0.4 is 11.1 Å². The lowest BCUT2D eigenvalue weighted by molar-refractivity contribution is 0.132. The number of hydrogen-bond donors (Lipinski definition) is 2. The highest BCUT2D eigenvalue weighted by atomic mass is 32.2. The molecule has 21 heavy (non-hydrogen) atoms. The molecular weight excluding hydrogens is 292 g/mol. The molecule has 0 fully saturated rings. The summed E-state index contributed by atoms with van der Waals surface area (Å²) in [5.41, 5.74) is 6.58. The molecule has 0 aliphatic heterocycles. The zero-order valence-electron chi connectivity index (χ0n) is 12.5. The van der Waals surface area contributed by atoms with Gasteiger partial charge in [0, 0.05) is 12.2 Å². The van der Waals surface area contributed by atoms with Gasteiger partial charge >= 0.3 is 6.09 Å². The number of hydrogen-bond acceptors (Lipinski definition) is 5. The third kappa shape index (κ3) is 5.26. The van der Waals surface area contributed by atoms with Crippen molar-refractivity contribution in [2.24, 2.45) is 5.92 Å². The summed E-state index contributed by atoms with van der Waals surface area (Å²) in [5, 5.41) is 2.54. The molecular formula is C14H22N2O4S. The van der Waals surface area contributed by atoms with Crippen molar-refractivity contribution >= 4 is 21.6 Å². The van der Waals surface area contributed by atoms with Gasteiger partial charge in [-0.15, -0.1) is 0 Å². The summed E-state index contributed by atoms with van der Waals surface area (Å²) < 4.78 is 29.0. The van der Waals surface area contributed by atoms with Gasteiger partial charge in [-0.2, -0.15) is 0 Å². The first kappa shape index (κ1) is 17.3. The van der Waals surface area contributed by atoms with Crippen LogP contribution in [0.1, 0.15) is 26.3 Å². The lowest BCUT2D eigenvalue weighted by atomic mass is 10.2. The molecule has 1 aromatic carbocycles. The smallest absolute Gasteiger partial charge is 0.407 e. The molecule has 0 atom stereocenters. The van der Waals surface area contributed by atoms with Crippen LogP contribution in [0.4, 0.5) is 10.5 Å². The Morgan fingerprint density at radius 2 is 2.05 bits per heavy atom. The van der Waals surface area contributed by atoms with E-state index >= 15 is 0 Å². The lowest BCUT2D eigenvalue weighted by Crippen LogP contribution is -2.26. The van der Waals surface area contributed by atoms with Crippen LogP contribution in [0.2, 0.25) is 0 Å². The second-order valence-corrected chi connectivity index (χ2v) is 7.36. The molecule has 7 heteroatoms. The fourth-order valence-corrected chi connectivity index (χ4v) is 2.77. The topological polar surface area (TPSA) is 98.5 Å². The number of amides is 1. The van der Waals surface area contributed by atoms with Crippen molar-refractivity contribution in [2.45, 2.75) is 32.2 Å². The number of rotatable bonds is 6. The number of alkyl carbamates (subject to hydrolysis) is 1. The highest BCUT2D eigenvalue weighted by Gasteiger charge is 2.17. The first-order chi connectivity index (χ1) is 9.76. The molecule has 0 saturated carbocycles. The molecule has 0 bridgehead atoms. The van der Waals surface area contributed by atoms with E-state index in [9.17, 15) is 13.2 Å². The third-order valence-corrected chi connectivity index (χ3v) is 4.60. The molecule has 0 radical (unpaired) electrons. The number of nitrogen functional groups attached to an aromatic ring is 1. The SMILES string of the molecule is CCS(=O)(=O)c1ccc(N)cc1CNC(=O)OCC(C)C. The van der Waals surface area contributed by atoms with Gasteiger partial charge in [0.15, 0.2) is 9.84 Å². The van der Waals surface area contributed by atoms with Gasteiger partial charge in [-0.1, -0.05) is 20.8 Å². The molecule has 0 spiro atoms. The molecule has 0 saturated heterocycles. The van der Waals surface area contributed by atoms with Crippen LogP contribution in [0.5, 0.6) is 0 Å². The van der Waals surface area contributed by atoms with E-state index in [0.29, 0.717) is 17.9 Å². The van der Waals surface area contributed by atoms with Crippen LogP contribution in [0, 0.1) is 5.92 Å². The first-order valence-corrected chi connectivity index (χ1v) is 8.43. The Morgan fingerprint density at radius 3 is 2.62 bits per heavy atom. The first-order valence-electron chi connectivity index (χ1n) is 6.78.